The lowest BCUT2D eigenvalue weighted by Gasteiger charge is -2.19. The smallest absolute Gasteiger partial charge is 0.253 e. The fourth-order valence-electron chi connectivity index (χ4n) is 3.24. The minimum Gasteiger partial charge on any atom is -0.481 e. The topological polar surface area (TPSA) is 63.7 Å². The van der Waals surface area contributed by atoms with Gasteiger partial charge < -0.3 is 14.8 Å². The van der Waals surface area contributed by atoms with Crippen LogP contribution in [0.1, 0.15) is 31.2 Å². The third kappa shape index (κ3) is 4.28. The van der Waals surface area contributed by atoms with E-state index < -0.39 is 17.7 Å². The Bertz CT molecular complexity index is 698. The second-order valence-electron chi connectivity index (χ2n) is 7.25. The molecule has 27 heavy (non-hydrogen) atoms. The first-order valence-corrected chi connectivity index (χ1v) is 8.98. The van der Waals surface area contributed by atoms with Gasteiger partial charge in [0.2, 0.25) is 18.2 Å². The van der Waals surface area contributed by atoms with Gasteiger partial charge in [0.05, 0.1) is 18.6 Å². The van der Waals surface area contributed by atoms with Crippen LogP contribution in [0.5, 0.6) is 11.8 Å². The molecule has 1 atom stereocenters. The fraction of sp³-hybridized carbons (Fsp3) is 0.667. The molecule has 6 nitrogen and oxygen atoms in total. The number of carbonyl (C=O) groups is 1. The number of amides is 1. The van der Waals surface area contributed by atoms with Gasteiger partial charge >= 0.3 is 0 Å². The van der Waals surface area contributed by atoms with Gasteiger partial charge in [0.1, 0.15) is 6.61 Å². The number of alkyl halides is 2. The summed E-state index contributed by atoms with van der Waals surface area (Å²) in [7, 11) is 3.25. The van der Waals surface area contributed by atoms with Crippen molar-refractivity contribution in [2.45, 2.75) is 44.7 Å². The first-order chi connectivity index (χ1) is 12.9. The Morgan fingerprint density at radius 2 is 2.19 bits per heavy atom. The van der Waals surface area contributed by atoms with Gasteiger partial charge in [0.15, 0.2) is 5.82 Å². The average Bonchev–Trinajstić information content (AvgIpc) is 3.32. The van der Waals surface area contributed by atoms with E-state index >= 15 is 0 Å². The normalized spacial score (nSPS) is 21.3. The Morgan fingerprint density at radius 1 is 1.44 bits per heavy atom. The predicted molar refractivity (Wildman–Crippen MR) is 91.4 cm³/mol. The van der Waals surface area contributed by atoms with Crippen molar-refractivity contribution in [3.05, 3.63) is 17.4 Å². The third-order valence-corrected chi connectivity index (χ3v) is 5.30. The molecule has 1 saturated heterocycles. The molecule has 1 aliphatic heterocycles. The quantitative estimate of drug-likeness (QED) is 0.742. The zero-order valence-corrected chi connectivity index (χ0v) is 15.4. The van der Waals surface area contributed by atoms with E-state index in [9.17, 15) is 18.0 Å². The molecule has 2 fully saturated rings. The second-order valence-corrected chi connectivity index (χ2v) is 7.25. The van der Waals surface area contributed by atoms with Crippen LogP contribution in [0.3, 0.4) is 0 Å². The van der Waals surface area contributed by atoms with Crippen molar-refractivity contribution in [1.29, 1.82) is 0 Å². The van der Waals surface area contributed by atoms with Crippen LogP contribution < -0.4 is 14.8 Å². The van der Waals surface area contributed by atoms with Gasteiger partial charge in [-0.1, -0.05) is 0 Å². The Labute approximate surface area is 156 Å². The summed E-state index contributed by atoms with van der Waals surface area (Å²) < 4.78 is 50.6. The van der Waals surface area contributed by atoms with Crippen molar-refractivity contribution in [1.82, 2.24) is 15.2 Å². The number of hydrogen-bond donors (Lipinski definition) is 1. The molecule has 0 radical (unpaired) electrons. The van der Waals surface area contributed by atoms with E-state index in [1.54, 1.807) is 0 Å². The Morgan fingerprint density at radius 3 is 2.74 bits per heavy atom. The molecule has 1 saturated carbocycles. The van der Waals surface area contributed by atoms with E-state index in [1.807, 2.05) is 11.9 Å². The third-order valence-electron chi connectivity index (χ3n) is 5.30. The van der Waals surface area contributed by atoms with Crippen molar-refractivity contribution in [3.8, 4) is 11.8 Å². The van der Waals surface area contributed by atoms with E-state index in [0.717, 1.165) is 25.5 Å². The van der Waals surface area contributed by atoms with Gasteiger partial charge in [0.25, 0.3) is 5.88 Å². The van der Waals surface area contributed by atoms with Crippen LogP contribution >= 0.6 is 0 Å². The summed E-state index contributed by atoms with van der Waals surface area (Å²) in [6.07, 6.45) is -0.0669. The van der Waals surface area contributed by atoms with Gasteiger partial charge in [-0.2, -0.15) is 4.98 Å². The number of aromatic nitrogens is 1. The molecule has 3 rings (SSSR count). The van der Waals surface area contributed by atoms with Crippen molar-refractivity contribution >= 4 is 5.91 Å². The molecular formula is C18H24F3N3O3. The van der Waals surface area contributed by atoms with Gasteiger partial charge in [-0.25, -0.2) is 13.2 Å². The highest BCUT2D eigenvalue weighted by Crippen LogP contribution is 2.50. The number of rotatable bonds is 8. The monoisotopic (exact) mass is 387 g/mol. The van der Waals surface area contributed by atoms with Gasteiger partial charge in [-0.3, -0.25) is 9.69 Å². The number of pyridine rings is 1. The SMILES string of the molecule is COc1nc(OCC2(C(F)F)CC2)c(F)cc1CNC(=O)[C@@H]1CCCN1C. The van der Waals surface area contributed by atoms with Crippen LogP contribution in [0.4, 0.5) is 13.2 Å². The highest BCUT2D eigenvalue weighted by Gasteiger charge is 2.52. The fourth-order valence-corrected chi connectivity index (χ4v) is 3.24. The molecule has 1 aromatic rings. The Balaban J connectivity index is 1.64. The van der Waals surface area contributed by atoms with E-state index in [0.29, 0.717) is 18.4 Å². The maximum Gasteiger partial charge on any atom is 0.253 e. The molecule has 0 bridgehead atoms. The van der Waals surface area contributed by atoms with Crippen LogP contribution in [-0.2, 0) is 11.3 Å². The largest absolute Gasteiger partial charge is 0.481 e. The molecule has 9 heteroatoms. The highest BCUT2D eigenvalue weighted by molar-refractivity contribution is 5.82. The zero-order valence-electron chi connectivity index (χ0n) is 15.4. The first-order valence-electron chi connectivity index (χ1n) is 8.98. The summed E-state index contributed by atoms with van der Waals surface area (Å²) in [5, 5.41) is 2.77. The maximum atomic E-state index is 14.3. The second kappa shape index (κ2) is 7.92. The van der Waals surface area contributed by atoms with Gasteiger partial charge in [-0.15, -0.1) is 0 Å². The summed E-state index contributed by atoms with van der Waals surface area (Å²) in [5.41, 5.74) is -0.840. The average molecular weight is 387 g/mol. The van der Waals surface area contributed by atoms with E-state index in [1.165, 1.54) is 7.11 Å². The summed E-state index contributed by atoms with van der Waals surface area (Å²) in [6.45, 7) is 0.628. The van der Waals surface area contributed by atoms with Crippen LogP contribution in [0.25, 0.3) is 0 Å². The standard InChI is InChI=1S/C18H24F3N3O3/c1-24-7-3-4-13(24)14(25)22-9-11-8-12(19)16(23-15(11)26-2)27-10-18(5-6-18)17(20)21/h8,13,17H,3-7,9-10H2,1-2H3,(H,22,25)/t13-/m0/s1. The highest BCUT2D eigenvalue weighted by atomic mass is 19.3. The van der Waals surface area contributed by atoms with Crippen LogP contribution in [0, 0.1) is 11.2 Å². The van der Waals surface area contributed by atoms with Crippen LogP contribution in [0.2, 0.25) is 0 Å². The van der Waals surface area contributed by atoms with Crippen molar-refractivity contribution in [2.24, 2.45) is 5.41 Å². The van der Waals surface area contributed by atoms with Crippen molar-refractivity contribution in [2.75, 3.05) is 27.3 Å². The summed E-state index contributed by atoms with van der Waals surface area (Å²) >= 11 is 0. The number of hydrogen-bond acceptors (Lipinski definition) is 5. The molecule has 0 aromatic carbocycles. The molecule has 0 spiro atoms. The molecule has 1 N–H and O–H groups in total. The number of halogens is 3. The van der Waals surface area contributed by atoms with E-state index in [2.05, 4.69) is 10.3 Å². The van der Waals surface area contributed by atoms with Crippen molar-refractivity contribution < 1.29 is 27.4 Å². The lowest BCUT2D eigenvalue weighted by molar-refractivity contribution is -0.125. The minimum absolute atomic E-state index is 0.0531. The van der Waals surface area contributed by atoms with Crippen LogP contribution in [-0.4, -0.2) is 55.6 Å². The molecule has 1 aromatic heterocycles. The zero-order chi connectivity index (χ0) is 19.6. The van der Waals surface area contributed by atoms with Crippen molar-refractivity contribution in [3.63, 3.8) is 0 Å². The number of methoxy groups -OCH3 is 1. The molecule has 2 aliphatic rings. The molecule has 1 aliphatic carbocycles. The van der Waals surface area contributed by atoms with Gasteiger partial charge in [0, 0.05) is 12.1 Å². The Kier molecular flexibility index (Phi) is 5.78. The number of nitrogens with one attached hydrogen (secondary N) is 1. The summed E-state index contributed by atoms with van der Waals surface area (Å²) in [6, 6.07) is 0.961. The van der Waals surface area contributed by atoms with Crippen LogP contribution in [0.15, 0.2) is 6.07 Å². The molecule has 2 heterocycles. The number of ether oxygens (including phenoxy) is 2. The number of carbonyl (C=O) groups excluding carboxylic acids is 1. The lowest BCUT2D eigenvalue weighted by Crippen LogP contribution is -2.41. The molecule has 150 valence electrons. The molecule has 0 unspecified atom stereocenters. The number of nitrogens with zero attached hydrogens (tertiary/aromatic N) is 2. The number of likely N-dealkylation sites (tertiary alicyclic amines) is 1. The molecular weight excluding hydrogens is 363 g/mol. The number of likely N-dealkylation sites (N-methyl/N-ethyl adjacent to an activating group) is 1. The predicted octanol–water partition coefficient (Wildman–Crippen LogP) is 2.36. The Hall–Kier alpha value is -2.03. The minimum atomic E-state index is -2.51. The maximum absolute atomic E-state index is 14.3. The summed E-state index contributed by atoms with van der Waals surface area (Å²) in [5.74, 6) is -1.19. The van der Waals surface area contributed by atoms with Gasteiger partial charge in [-0.05, 0) is 45.3 Å². The lowest BCUT2D eigenvalue weighted by atomic mass is 10.1. The first kappa shape index (κ1) is 19.7. The van der Waals surface area contributed by atoms with E-state index in [-0.39, 0.29) is 36.9 Å². The van der Waals surface area contributed by atoms with E-state index in [4.69, 9.17) is 9.47 Å². The summed E-state index contributed by atoms with van der Waals surface area (Å²) in [4.78, 5) is 18.2. The molecule has 1 amide bonds.